The molecule has 27 heavy (non-hydrogen) atoms. The number of anilines is 3. The molecule has 6 nitrogen and oxygen atoms in total. The largest absolute Gasteiger partial charge is 0.435 e. The molecule has 0 spiro atoms. The van der Waals surface area contributed by atoms with Crippen molar-refractivity contribution in [3.05, 3.63) is 42.2 Å². The van der Waals surface area contributed by atoms with E-state index >= 15 is 0 Å². The van der Waals surface area contributed by atoms with Gasteiger partial charge in [-0.15, -0.1) is 0 Å². The molecule has 0 unspecified atom stereocenters. The normalized spacial score (nSPS) is 16.0. The minimum atomic E-state index is 0.0591. The lowest BCUT2D eigenvalue weighted by Gasteiger charge is -2.27. The van der Waals surface area contributed by atoms with Crippen molar-refractivity contribution in [2.75, 3.05) is 16.8 Å². The van der Waals surface area contributed by atoms with Crippen molar-refractivity contribution in [2.24, 2.45) is 4.99 Å². The molecule has 0 amide bonds. The standard InChI is InChI=1S/C21H23N5O/c1-7-15-16-9-8-13(4)17(18(16)27-21(15)24-12(2)3)26-14(5)25(6)19-20(26)23-11-10-22-19/h7-11,14H,1H2,2-6H3/t14-/m0/s1. The first-order valence-corrected chi connectivity index (χ1v) is 8.97. The van der Waals surface area contributed by atoms with Gasteiger partial charge in [0, 0.05) is 36.1 Å². The Labute approximate surface area is 158 Å². The summed E-state index contributed by atoms with van der Waals surface area (Å²) in [5.74, 6) is 2.28. The van der Waals surface area contributed by atoms with Gasteiger partial charge in [-0.3, -0.25) is 4.90 Å². The molecule has 0 aliphatic carbocycles. The lowest BCUT2D eigenvalue weighted by molar-refractivity contribution is 0.621. The third-order valence-electron chi connectivity index (χ3n) is 4.98. The molecule has 0 radical (unpaired) electrons. The second-order valence-corrected chi connectivity index (χ2v) is 7.01. The van der Waals surface area contributed by atoms with Crippen molar-refractivity contribution in [1.82, 2.24) is 9.97 Å². The van der Waals surface area contributed by atoms with E-state index in [0.717, 1.165) is 45.1 Å². The van der Waals surface area contributed by atoms with Gasteiger partial charge in [0.1, 0.15) is 6.17 Å². The second-order valence-electron chi connectivity index (χ2n) is 7.01. The van der Waals surface area contributed by atoms with E-state index in [1.807, 2.05) is 20.9 Å². The van der Waals surface area contributed by atoms with Crippen LogP contribution < -0.4 is 9.80 Å². The molecule has 0 bridgehead atoms. The van der Waals surface area contributed by atoms with Crippen molar-refractivity contribution in [2.45, 2.75) is 33.9 Å². The minimum absolute atomic E-state index is 0.0591. The van der Waals surface area contributed by atoms with Crippen LogP contribution >= 0.6 is 0 Å². The number of furan rings is 1. The maximum absolute atomic E-state index is 6.26. The van der Waals surface area contributed by atoms with E-state index in [-0.39, 0.29) is 6.17 Å². The van der Waals surface area contributed by atoms with Gasteiger partial charge < -0.3 is 9.32 Å². The van der Waals surface area contributed by atoms with Crippen LogP contribution in [-0.4, -0.2) is 28.9 Å². The summed E-state index contributed by atoms with van der Waals surface area (Å²) >= 11 is 0. The van der Waals surface area contributed by atoms with Crippen LogP contribution in [-0.2, 0) is 0 Å². The SMILES string of the molecule is C=Cc1c(N=C(C)C)oc2c(N3c4nccnc4N(C)[C@@H]3C)c(C)ccc12. The van der Waals surface area contributed by atoms with Gasteiger partial charge in [0.2, 0.25) is 5.88 Å². The van der Waals surface area contributed by atoms with Crippen molar-refractivity contribution < 1.29 is 4.42 Å². The van der Waals surface area contributed by atoms with Gasteiger partial charge >= 0.3 is 0 Å². The Morgan fingerprint density at radius 2 is 1.93 bits per heavy atom. The molecule has 4 rings (SSSR count). The molecule has 3 aromatic rings. The predicted octanol–water partition coefficient (Wildman–Crippen LogP) is 5.22. The maximum Gasteiger partial charge on any atom is 0.227 e. The lowest BCUT2D eigenvalue weighted by atomic mass is 10.1. The molecule has 6 heteroatoms. The fourth-order valence-electron chi connectivity index (χ4n) is 3.60. The van der Waals surface area contributed by atoms with Crippen LogP contribution in [0.5, 0.6) is 0 Å². The van der Waals surface area contributed by atoms with Gasteiger partial charge in [0.15, 0.2) is 17.2 Å². The molecule has 0 saturated carbocycles. The summed E-state index contributed by atoms with van der Waals surface area (Å²) in [7, 11) is 2.03. The molecular weight excluding hydrogens is 338 g/mol. The zero-order chi connectivity index (χ0) is 19.3. The predicted molar refractivity (Wildman–Crippen MR) is 112 cm³/mol. The molecule has 1 aliphatic rings. The van der Waals surface area contributed by atoms with E-state index in [0.29, 0.717) is 5.88 Å². The van der Waals surface area contributed by atoms with Gasteiger partial charge in [0.05, 0.1) is 5.69 Å². The Bertz CT molecular complexity index is 1080. The van der Waals surface area contributed by atoms with Crippen LogP contribution in [0.2, 0.25) is 0 Å². The molecule has 138 valence electrons. The second kappa shape index (κ2) is 6.23. The molecule has 1 atom stereocenters. The van der Waals surface area contributed by atoms with Gasteiger partial charge in [0.25, 0.3) is 0 Å². The van der Waals surface area contributed by atoms with Crippen molar-refractivity contribution in [1.29, 1.82) is 0 Å². The summed E-state index contributed by atoms with van der Waals surface area (Å²) < 4.78 is 6.26. The average Bonchev–Trinajstić information content (AvgIpc) is 3.10. The van der Waals surface area contributed by atoms with E-state index < -0.39 is 0 Å². The molecule has 1 aromatic carbocycles. The number of aliphatic imine (C=N–C) groups is 1. The van der Waals surface area contributed by atoms with E-state index in [2.05, 4.69) is 57.3 Å². The van der Waals surface area contributed by atoms with Gasteiger partial charge in [-0.2, -0.15) is 0 Å². The van der Waals surface area contributed by atoms with Crippen LogP contribution in [0.15, 0.2) is 40.5 Å². The Morgan fingerprint density at radius 3 is 2.59 bits per heavy atom. The molecule has 0 N–H and O–H groups in total. The van der Waals surface area contributed by atoms with E-state index in [1.54, 1.807) is 18.5 Å². The highest BCUT2D eigenvalue weighted by Gasteiger charge is 2.36. The van der Waals surface area contributed by atoms with Gasteiger partial charge in [-0.05, 0) is 33.3 Å². The smallest absolute Gasteiger partial charge is 0.227 e. The number of benzene rings is 1. The average molecular weight is 361 g/mol. The van der Waals surface area contributed by atoms with Crippen LogP contribution in [0, 0.1) is 6.92 Å². The molecule has 2 aromatic heterocycles. The Balaban J connectivity index is 2.03. The molecule has 1 aliphatic heterocycles. The van der Waals surface area contributed by atoms with Crippen molar-refractivity contribution in [3.8, 4) is 0 Å². The number of hydrogen-bond acceptors (Lipinski definition) is 6. The molecule has 3 heterocycles. The number of aryl methyl sites for hydroxylation is 1. The van der Waals surface area contributed by atoms with Gasteiger partial charge in [-0.25, -0.2) is 15.0 Å². The summed E-state index contributed by atoms with van der Waals surface area (Å²) in [6, 6.07) is 4.17. The van der Waals surface area contributed by atoms with Gasteiger partial charge in [-0.1, -0.05) is 24.8 Å². The van der Waals surface area contributed by atoms with Crippen LogP contribution in [0.25, 0.3) is 17.0 Å². The Morgan fingerprint density at radius 1 is 1.22 bits per heavy atom. The molecular formula is C21H23N5O. The first-order valence-electron chi connectivity index (χ1n) is 8.97. The van der Waals surface area contributed by atoms with Crippen molar-refractivity contribution >= 4 is 46.0 Å². The Hall–Kier alpha value is -3.15. The summed E-state index contributed by atoms with van der Waals surface area (Å²) in [6.07, 6.45) is 5.31. The first-order chi connectivity index (χ1) is 12.9. The van der Waals surface area contributed by atoms with E-state index in [9.17, 15) is 0 Å². The minimum Gasteiger partial charge on any atom is -0.435 e. The van der Waals surface area contributed by atoms with Crippen LogP contribution in [0.4, 0.5) is 23.2 Å². The highest BCUT2D eigenvalue weighted by atomic mass is 16.3. The topological polar surface area (TPSA) is 57.8 Å². The summed E-state index contributed by atoms with van der Waals surface area (Å²) in [4.78, 5) is 18.0. The van der Waals surface area contributed by atoms with E-state index in [1.165, 1.54) is 0 Å². The fourth-order valence-corrected chi connectivity index (χ4v) is 3.60. The number of fused-ring (bicyclic) bond motifs is 2. The van der Waals surface area contributed by atoms with Crippen molar-refractivity contribution in [3.63, 3.8) is 0 Å². The third-order valence-corrected chi connectivity index (χ3v) is 4.98. The lowest BCUT2D eigenvalue weighted by Crippen LogP contribution is -2.36. The summed E-state index contributed by atoms with van der Waals surface area (Å²) in [6.45, 7) is 12.1. The fraction of sp³-hybridized carbons (Fsp3) is 0.286. The number of aromatic nitrogens is 2. The summed E-state index contributed by atoms with van der Waals surface area (Å²) in [5, 5.41) is 0.998. The quantitative estimate of drug-likeness (QED) is 0.599. The molecule has 0 saturated heterocycles. The highest BCUT2D eigenvalue weighted by Crippen LogP contribution is 2.47. The molecule has 0 fully saturated rings. The monoisotopic (exact) mass is 361 g/mol. The van der Waals surface area contributed by atoms with Crippen LogP contribution in [0.1, 0.15) is 31.9 Å². The first kappa shape index (κ1) is 17.3. The third kappa shape index (κ3) is 2.51. The number of nitrogens with zero attached hydrogens (tertiary/aromatic N) is 5. The zero-order valence-electron chi connectivity index (χ0n) is 16.3. The number of hydrogen-bond donors (Lipinski definition) is 0. The Kier molecular flexibility index (Phi) is 3.98. The summed E-state index contributed by atoms with van der Waals surface area (Å²) in [5.41, 5.74) is 4.73. The number of rotatable bonds is 3. The van der Waals surface area contributed by atoms with E-state index in [4.69, 9.17) is 4.42 Å². The van der Waals surface area contributed by atoms with Crippen LogP contribution in [0.3, 0.4) is 0 Å². The zero-order valence-corrected chi connectivity index (χ0v) is 16.3. The maximum atomic E-state index is 6.26. The highest BCUT2D eigenvalue weighted by molar-refractivity contribution is 6.02.